The highest BCUT2D eigenvalue weighted by atomic mass is 32.2. The van der Waals surface area contributed by atoms with Crippen molar-refractivity contribution in [2.24, 2.45) is 10.2 Å². The molecule has 2 aliphatic rings. The third-order valence-corrected chi connectivity index (χ3v) is 7.78. The van der Waals surface area contributed by atoms with E-state index in [1.165, 1.54) is 6.07 Å². The topological polar surface area (TPSA) is 34.4 Å². The Labute approximate surface area is 201 Å². The lowest BCUT2D eigenvalue weighted by molar-refractivity contribution is 0.224. The van der Waals surface area contributed by atoms with E-state index >= 15 is 4.39 Å². The first-order valence-electron chi connectivity index (χ1n) is 11.1. The van der Waals surface area contributed by atoms with Gasteiger partial charge in [0.05, 0.1) is 12.3 Å². The average Bonchev–Trinajstić information content (AvgIpc) is 3.34. The number of hydrogen-bond donors (Lipinski definition) is 0. The first kappa shape index (κ1) is 24.2. The number of piperazine rings is 1. The maximum atomic E-state index is 15.2. The maximum absolute atomic E-state index is 15.2. The van der Waals surface area contributed by atoms with Crippen molar-refractivity contribution in [1.82, 2.24) is 9.21 Å². The normalized spacial score (nSPS) is 17.5. The quantitative estimate of drug-likeness (QED) is 0.472. The summed E-state index contributed by atoms with van der Waals surface area (Å²) in [5, 5.41) is 7.34. The summed E-state index contributed by atoms with van der Waals surface area (Å²) in [6.45, 7) is 9.82. The zero-order valence-electron chi connectivity index (χ0n) is 19.1. The predicted molar refractivity (Wildman–Crippen MR) is 136 cm³/mol. The standard InChI is InChI=1S/C25H28F3N5S/c1-18(2)31-11-13-32(14-12-31)34(3)33(21-7-5-4-6-8-21)17-20-10-9-19(15-22(20)26)23-16-24(25(27)28)30-29-23/h4-10,15,25H,1,3,11-14,16-17H2,2H3. The summed E-state index contributed by atoms with van der Waals surface area (Å²) in [5.74, 6) is 4.04. The van der Waals surface area contributed by atoms with Gasteiger partial charge < -0.3 is 9.21 Å². The Bertz CT molecular complexity index is 1120. The summed E-state index contributed by atoms with van der Waals surface area (Å²) in [7, 11) is -0.531. The number of nitrogens with zero attached hydrogens (tertiary/aromatic N) is 5. The molecule has 0 bridgehead atoms. The van der Waals surface area contributed by atoms with Crippen LogP contribution in [0.3, 0.4) is 0 Å². The van der Waals surface area contributed by atoms with Gasteiger partial charge in [-0.1, -0.05) is 36.9 Å². The van der Waals surface area contributed by atoms with Crippen molar-refractivity contribution in [3.05, 3.63) is 77.8 Å². The largest absolute Gasteiger partial charge is 0.373 e. The van der Waals surface area contributed by atoms with E-state index in [1.54, 1.807) is 12.1 Å². The molecule has 2 aromatic carbocycles. The first-order valence-corrected chi connectivity index (χ1v) is 12.4. The molecule has 1 atom stereocenters. The molecule has 1 saturated heterocycles. The van der Waals surface area contributed by atoms with E-state index in [1.807, 2.05) is 37.3 Å². The van der Waals surface area contributed by atoms with Gasteiger partial charge in [0.1, 0.15) is 11.5 Å². The molecule has 2 heterocycles. The van der Waals surface area contributed by atoms with Crippen LogP contribution in [0.25, 0.3) is 0 Å². The highest BCUT2D eigenvalue weighted by Gasteiger charge is 2.24. The molecule has 0 amide bonds. The molecule has 34 heavy (non-hydrogen) atoms. The van der Waals surface area contributed by atoms with Crippen LogP contribution in [0.2, 0.25) is 0 Å². The fourth-order valence-corrected chi connectivity index (χ4v) is 5.48. The van der Waals surface area contributed by atoms with Crippen molar-refractivity contribution < 1.29 is 13.2 Å². The second-order valence-electron chi connectivity index (χ2n) is 8.29. The fourth-order valence-electron chi connectivity index (χ4n) is 3.96. The van der Waals surface area contributed by atoms with E-state index < -0.39 is 23.1 Å². The molecule has 0 N–H and O–H groups in total. The summed E-state index contributed by atoms with van der Waals surface area (Å²) < 4.78 is 45.3. The summed E-state index contributed by atoms with van der Waals surface area (Å²) in [6.07, 6.45) is -2.72. The summed E-state index contributed by atoms with van der Waals surface area (Å²) in [5.41, 5.74) is 3.06. The fraction of sp³-hybridized carbons (Fsp3) is 0.320. The SMILES string of the molecule is C=C(C)N1CCN(S(=C)N(Cc2ccc(C3=NN=C(C(F)F)C3)cc2F)c2ccccc2)CC1. The molecular formula is C25H28F3N5S. The lowest BCUT2D eigenvalue weighted by Crippen LogP contribution is -2.44. The van der Waals surface area contributed by atoms with Gasteiger partial charge in [0.2, 0.25) is 0 Å². The van der Waals surface area contributed by atoms with Gasteiger partial charge in [-0.3, -0.25) is 0 Å². The molecule has 4 rings (SSSR count). The van der Waals surface area contributed by atoms with Crippen molar-refractivity contribution in [2.75, 3.05) is 30.5 Å². The van der Waals surface area contributed by atoms with Gasteiger partial charge in [-0.25, -0.2) is 17.5 Å². The van der Waals surface area contributed by atoms with Crippen molar-refractivity contribution >= 4 is 33.8 Å². The Morgan fingerprint density at radius 1 is 1.09 bits per heavy atom. The van der Waals surface area contributed by atoms with E-state index in [0.717, 1.165) is 37.6 Å². The van der Waals surface area contributed by atoms with Crippen LogP contribution in [-0.2, 0) is 6.54 Å². The van der Waals surface area contributed by atoms with Gasteiger partial charge in [0, 0.05) is 55.1 Å². The molecule has 2 aromatic rings. The molecule has 0 saturated carbocycles. The number of allylic oxidation sites excluding steroid dienone is 1. The Kier molecular flexibility index (Phi) is 7.53. The van der Waals surface area contributed by atoms with E-state index in [4.69, 9.17) is 0 Å². The van der Waals surface area contributed by atoms with Gasteiger partial charge in [-0.15, -0.1) is 0 Å². The van der Waals surface area contributed by atoms with Crippen molar-refractivity contribution in [2.45, 2.75) is 26.3 Å². The summed E-state index contributed by atoms with van der Waals surface area (Å²) >= 11 is 0. The zero-order chi connectivity index (χ0) is 24.2. The third-order valence-electron chi connectivity index (χ3n) is 5.97. The molecule has 0 spiro atoms. The molecule has 1 unspecified atom stereocenters. The van der Waals surface area contributed by atoms with Gasteiger partial charge in [0.15, 0.2) is 0 Å². The average molecular weight is 488 g/mol. The monoisotopic (exact) mass is 487 g/mol. The van der Waals surface area contributed by atoms with Crippen LogP contribution in [0.4, 0.5) is 18.9 Å². The van der Waals surface area contributed by atoms with E-state index in [0.29, 0.717) is 23.4 Å². The summed E-state index contributed by atoms with van der Waals surface area (Å²) in [4.78, 5) is 2.26. The number of rotatable bonds is 8. The molecule has 0 aromatic heterocycles. The Morgan fingerprint density at radius 3 is 2.38 bits per heavy atom. The van der Waals surface area contributed by atoms with E-state index in [2.05, 4.69) is 36.2 Å². The maximum Gasteiger partial charge on any atom is 0.278 e. The number of anilines is 1. The number of benzene rings is 2. The molecule has 9 heteroatoms. The molecule has 180 valence electrons. The van der Waals surface area contributed by atoms with Crippen LogP contribution in [0.15, 0.2) is 71.0 Å². The van der Waals surface area contributed by atoms with Crippen LogP contribution in [-0.4, -0.2) is 59.1 Å². The van der Waals surface area contributed by atoms with Crippen LogP contribution in [0.5, 0.6) is 0 Å². The molecule has 0 aliphatic carbocycles. The highest BCUT2D eigenvalue weighted by Crippen LogP contribution is 2.33. The molecular weight excluding hydrogens is 459 g/mol. The molecule has 2 aliphatic heterocycles. The smallest absolute Gasteiger partial charge is 0.278 e. The summed E-state index contributed by atoms with van der Waals surface area (Å²) in [6, 6.07) is 14.6. The van der Waals surface area contributed by atoms with Crippen LogP contribution < -0.4 is 4.31 Å². The van der Waals surface area contributed by atoms with Gasteiger partial charge >= 0.3 is 0 Å². The lowest BCUT2D eigenvalue weighted by atomic mass is 10.0. The van der Waals surface area contributed by atoms with Crippen LogP contribution in [0, 0.1) is 5.82 Å². The predicted octanol–water partition coefficient (Wildman–Crippen LogP) is 5.33. The van der Waals surface area contributed by atoms with Gasteiger partial charge in [-0.2, -0.15) is 10.2 Å². The minimum Gasteiger partial charge on any atom is -0.373 e. The van der Waals surface area contributed by atoms with E-state index in [-0.39, 0.29) is 12.1 Å². The number of halogens is 3. The lowest BCUT2D eigenvalue weighted by Gasteiger charge is -2.41. The molecule has 0 radical (unpaired) electrons. The minimum atomic E-state index is -2.66. The Hall–Kier alpha value is -2.91. The van der Waals surface area contributed by atoms with Crippen molar-refractivity contribution in [3.8, 4) is 0 Å². The molecule has 5 nitrogen and oxygen atoms in total. The number of alkyl halides is 2. The minimum absolute atomic E-state index is 0.0644. The molecule has 1 fully saturated rings. The van der Waals surface area contributed by atoms with E-state index in [9.17, 15) is 8.78 Å². The zero-order valence-corrected chi connectivity index (χ0v) is 19.9. The van der Waals surface area contributed by atoms with Gasteiger partial charge in [-0.05, 0) is 41.8 Å². The number of hydrogen-bond acceptors (Lipinski definition) is 5. The highest BCUT2D eigenvalue weighted by molar-refractivity contribution is 8.13. The second kappa shape index (κ2) is 10.6. The number of para-hydroxylation sites is 1. The van der Waals surface area contributed by atoms with Crippen LogP contribution >= 0.6 is 10.9 Å². The van der Waals surface area contributed by atoms with Crippen molar-refractivity contribution in [3.63, 3.8) is 0 Å². The van der Waals surface area contributed by atoms with Crippen molar-refractivity contribution in [1.29, 1.82) is 0 Å². The van der Waals surface area contributed by atoms with Gasteiger partial charge in [0.25, 0.3) is 6.43 Å². The first-order chi connectivity index (χ1) is 16.3. The third kappa shape index (κ3) is 5.42. The Balaban J connectivity index is 1.52. The Morgan fingerprint density at radius 2 is 1.79 bits per heavy atom. The van der Waals surface area contributed by atoms with Crippen LogP contribution in [0.1, 0.15) is 24.5 Å². The second-order valence-corrected chi connectivity index (χ2v) is 9.92.